The highest BCUT2D eigenvalue weighted by atomic mass is 28.4. The number of hydrogen-bond donors (Lipinski definition) is 1. The van der Waals surface area contributed by atoms with Crippen molar-refractivity contribution in [2.75, 3.05) is 18.1 Å². The van der Waals surface area contributed by atoms with E-state index < -0.39 is 48.4 Å². The van der Waals surface area contributed by atoms with E-state index in [4.69, 9.17) is 4.74 Å². The van der Waals surface area contributed by atoms with Gasteiger partial charge in [0.1, 0.15) is 0 Å². The molecule has 3 aliphatic rings. The summed E-state index contributed by atoms with van der Waals surface area (Å²) in [4.78, 5) is 42.0. The number of hydrogen-bond acceptors (Lipinski definition) is 6. The Hall–Kier alpha value is -3.41. The van der Waals surface area contributed by atoms with Crippen LogP contribution in [0.4, 0.5) is 15.5 Å². The molecule has 0 bridgehead atoms. The summed E-state index contributed by atoms with van der Waals surface area (Å²) in [5.41, 5.74) is 0.234. The number of aliphatic hydroxyl groups excluding tert-OH is 1. The van der Waals surface area contributed by atoms with Crippen LogP contribution in [0.3, 0.4) is 0 Å². The fourth-order valence-electron chi connectivity index (χ4n) is 6.99. The van der Waals surface area contributed by atoms with Gasteiger partial charge in [-0.3, -0.25) is 19.7 Å². The fraction of sp³-hybridized carbons (Fsp3) is 0.448. The monoisotopic (exact) mass is 567 g/mol. The first kappa shape index (κ1) is 28.1. The molecule has 5 atom stereocenters. The minimum absolute atomic E-state index is 0.150. The number of anilines is 1. The third kappa shape index (κ3) is 4.36. The van der Waals surface area contributed by atoms with Gasteiger partial charge in [0, 0.05) is 42.2 Å². The van der Waals surface area contributed by atoms with Gasteiger partial charge in [-0.2, -0.15) is 0 Å². The summed E-state index contributed by atoms with van der Waals surface area (Å²) in [6.07, 6.45) is 0.959. The highest BCUT2D eigenvalue weighted by molar-refractivity contribution is 6.72. The Labute approximate surface area is 233 Å². The van der Waals surface area contributed by atoms with E-state index in [2.05, 4.69) is 6.58 Å². The lowest BCUT2D eigenvalue weighted by Gasteiger charge is -2.37. The largest absolute Gasteiger partial charge is 0.394 e. The SMILES string of the molecule is C=CCN1C(=O)[C@@]2(O[C@@H](CC(=O)N3Cc4ccccc4C[C@H]3CO)[C@H]([Si](C)(C)F)[C@H]2C)c2cc([N+](=O)[O-])ccc21. The maximum absolute atomic E-state index is 16.1. The van der Waals surface area contributed by atoms with Crippen molar-refractivity contribution in [1.29, 1.82) is 0 Å². The molecule has 9 nitrogen and oxygen atoms in total. The van der Waals surface area contributed by atoms with Crippen LogP contribution in [0.25, 0.3) is 0 Å². The number of non-ortho nitro benzene ring substituents is 1. The Bertz CT molecular complexity index is 1380. The molecule has 3 heterocycles. The number of carbonyl (C=O) groups is 2. The molecule has 0 saturated carbocycles. The molecule has 1 saturated heterocycles. The number of aliphatic hydroxyl groups is 1. The van der Waals surface area contributed by atoms with Gasteiger partial charge >= 0.3 is 0 Å². The summed E-state index contributed by atoms with van der Waals surface area (Å²) in [7, 11) is -3.54. The minimum atomic E-state index is -3.54. The summed E-state index contributed by atoms with van der Waals surface area (Å²) in [5, 5.41) is 21.7. The van der Waals surface area contributed by atoms with Gasteiger partial charge in [-0.25, -0.2) is 0 Å². The maximum atomic E-state index is 16.1. The molecule has 1 N–H and O–H groups in total. The number of nitro benzene ring substituents is 1. The zero-order valence-electron chi connectivity index (χ0n) is 22.9. The number of rotatable bonds is 7. The topological polar surface area (TPSA) is 113 Å². The quantitative estimate of drug-likeness (QED) is 0.176. The highest BCUT2D eigenvalue weighted by Gasteiger charge is 2.67. The standard InChI is InChI=1S/C29H34FN3O6Si/c1-5-12-31-24-11-10-21(33(37)38)14-23(24)29(28(31)36)18(2)27(40(3,4)30)25(39-29)15-26(35)32-16-20-9-7-6-8-19(20)13-22(32)17-34/h5-11,14,18,22,25,27,34H,1,12-13,15-17H2,2-4H3/t18-,22+,25+,27-,29+/m1/s1. The number of nitrogens with zero attached hydrogens (tertiary/aromatic N) is 3. The minimum Gasteiger partial charge on any atom is -0.394 e. The van der Waals surface area contributed by atoms with E-state index in [1.165, 1.54) is 36.2 Å². The number of nitro groups is 1. The first-order chi connectivity index (χ1) is 18.9. The lowest BCUT2D eigenvalue weighted by atomic mass is 9.82. The number of carbonyl (C=O) groups excluding carboxylic acids is 2. The van der Waals surface area contributed by atoms with E-state index in [-0.39, 0.29) is 31.2 Å². The lowest BCUT2D eigenvalue weighted by molar-refractivity contribution is -0.385. The first-order valence-electron chi connectivity index (χ1n) is 13.5. The summed E-state index contributed by atoms with van der Waals surface area (Å²) < 4.78 is 22.6. The predicted octanol–water partition coefficient (Wildman–Crippen LogP) is 4.24. The average molecular weight is 568 g/mol. The third-order valence-corrected chi connectivity index (χ3v) is 11.2. The summed E-state index contributed by atoms with van der Waals surface area (Å²) in [6, 6.07) is 11.5. The highest BCUT2D eigenvalue weighted by Crippen LogP contribution is 2.60. The Kier molecular flexibility index (Phi) is 7.18. The van der Waals surface area contributed by atoms with Crippen LogP contribution in [0.15, 0.2) is 55.1 Å². The Morgan fingerprint density at radius 3 is 2.62 bits per heavy atom. The van der Waals surface area contributed by atoms with Gasteiger partial charge in [0.2, 0.25) is 14.3 Å². The van der Waals surface area contributed by atoms with Gasteiger partial charge in [0.25, 0.3) is 11.6 Å². The molecule has 1 fully saturated rings. The molecular formula is C29H34FN3O6Si. The van der Waals surface area contributed by atoms with Crippen molar-refractivity contribution in [3.8, 4) is 0 Å². The van der Waals surface area contributed by atoms with Crippen LogP contribution in [0, 0.1) is 16.0 Å². The van der Waals surface area contributed by atoms with Crippen LogP contribution >= 0.6 is 0 Å². The Balaban J connectivity index is 1.54. The number of amides is 2. The Morgan fingerprint density at radius 2 is 2.00 bits per heavy atom. The average Bonchev–Trinajstić information content (AvgIpc) is 3.34. The van der Waals surface area contributed by atoms with Gasteiger partial charge in [0.05, 0.1) is 35.8 Å². The van der Waals surface area contributed by atoms with E-state index >= 15 is 4.11 Å². The van der Waals surface area contributed by atoms with Crippen molar-refractivity contribution in [2.45, 2.75) is 62.7 Å². The second-order valence-corrected chi connectivity index (χ2v) is 15.3. The van der Waals surface area contributed by atoms with Gasteiger partial charge in [-0.05, 0) is 36.7 Å². The van der Waals surface area contributed by atoms with E-state index in [9.17, 15) is 24.8 Å². The van der Waals surface area contributed by atoms with E-state index in [1.807, 2.05) is 24.3 Å². The maximum Gasteiger partial charge on any atom is 0.269 e. The van der Waals surface area contributed by atoms with Crippen LogP contribution in [-0.2, 0) is 32.9 Å². The summed E-state index contributed by atoms with van der Waals surface area (Å²) in [5.74, 6) is -1.41. The van der Waals surface area contributed by atoms with Crippen molar-refractivity contribution >= 4 is 31.6 Å². The molecule has 2 amide bonds. The smallest absolute Gasteiger partial charge is 0.269 e. The summed E-state index contributed by atoms with van der Waals surface area (Å²) in [6.45, 7) is 8.81. The van der Waals surface area contributed by atoms with Crippen molar-refractivity contribution < 1.29 is 28.5 Å². The van der Waals surface area contributed by atoms with Gasteiger partial charge < -0.3 is 23.8 Å². The van der Waals surface area contributed by atoms with Crippen LogP contribution in [0.5, 0.6) is 0 Å². The molecule has 2 aromatic rings. The van der Waals surface area contributed by atoms with Crippen LogP contribution < -0.4 is 4.90 Å². The van der Waals surface area contributed by atoms with Crippen LogP contribution in [-0.4, -0.2) is 60.4 Å². The molecule has 40 heavy (non-hydrogen) atoms. The molecule has 5 rings (SSSR count). The fourth-order valence-corrected chi connectivity index (χ4v) is 9.48. The van der Waals surface area contributed by atoms with Gasteiger partial charge in [-0.15, -0.1) is 6.58 Å². The van der Waals surface area contributed by atoms with Gasteiger partial charge in [-0.1, -0.05) is 37.3 Å². The molecule has 0 aromatic heterocycles. The van der Waals surface area contributed by atoms with Crippen molar-refractivity contribution in [3.05, 3.63) is 81.9 Å². The van der Waals surface area contributed by atoms with Crippen molar-refractivity contribution in [2.24, 2.45) is 5.92 Å². The second-order valence-electron chi connectivity index (χ2n) is 11.5. The number of ether oxygens (including phenoxy) is 1. The predicted molar refractivity (Wildman–Crippen MR) is 150 cm³/mol. The van der Waals surface area contributed by atoms with E-state index in [1.54, 1.807) is 17.9 Å². The molecule has 212 valence electrons. The lowest BCUT2D eigenvalue weighted by Crippen LogP contribution is -2.48. The normalized spacial score (nSPS) is 27.6. The molecular weight excluding hydrogens is 533 g/mol. The third-order valence-electron chi connectivity index (χ3n) is 8.73. The first-order valence-corrected chi connectivity index (χ1v) is 16.4. The molecule has 0 unspecified atom stereocenters. The second kappa shape index (κ2) is 10.2. The summed E-state index contributed by atoms with van der Waals surface area (Å²) >= 11 is 0. The number of benzene rings is 2. The number of fused-ring (bicyclic) bond motifs is 3. The van der Waals surface area contributed by atoms with Gasteiger partial charge in [0.15, 0.2) is 5.60 Å². The molecule has 1 spiro atoms. The van der Waals surface area contributed by atoms with E-state index in [0.29, 0.717) is 24.2 Å². The molecule has 0 aliphatic carbocycles. The Morgan fingerprint density at radius 1 is 1.30 bits per heavy atom. The molecule has 2 aromatic carbocycles. The zero-order chi connectivity index (χ0) is 29.0. The molecule has 0 radical (unpaired) electrons. The number of halogens is 1. The zero-order valence-corrected chi connectivity index (χ0v) is 23.9. The van der Waals surface area contributed by atoms with E-state index in [0.717, 1.165) is 11.1 Å². The van der Waals surface area contributed by atoms with Crippen molar-refractivity contribution in [3.63, 3.8) is 0 Å². The van der Waals surface area contributed by atoms with Crippen molar-refractivity contribution in [1.82, 2.24) is 4.90 Å². The molecule has 3 aliphatic heterocycles. The van der Waals surface area contributed by atoms with Crippen LogP contribution in [0.1, 0.15) is 30.0 Å². The molecule has 11 heteroatoms. The van der Waals surface area contributed by atoms with Crippen LogP contribution in [0.2, 0.25) is 18.6 Å².